The monoisotopic (exact) mass is 457 g/mol. The average Bonchev–Trinajstić information content (AvgIpc) is 3.28. The highest BCUT2D eigenvalue weighted by atomic mass is 16.5. The predicted octanol–water partition coefficient (Wildman–Crippen LogP) is 3.98. The fourth-order valence-corrected chi connectivity index (χ4v) is 3.74. The van der Waals surface area contributed by atoms with Gasteiger partial charge in [-0.05, 0) is 48.9 Å². The van der Waals surface area contributed by atoms with Crippen molar-refractivity contribution in [1.82, 2.24) is 14.5 Å². The SMILES string of the molecule is COC(=O)c1cc(NC(C)CN=c2ccc(-c3ccccc3)cn2O)ccc1-c1ccnn1C. The maximum Gasteiger partial charge on any atom is 0.338 e. The van der Waals surface area contributed by atoms with Crippen LogP contribution in [0.2, 0.25) is 0 Å². The molecule has 2 N–H and O–H groups in total. The summed E-state index contributed by atoms with van der Waals surface area (Å²) in [5, 5.41) is 17.9. The molecule has 8 nitrogen and oxygen atoms in total. The number of aryl methyl sites for hydroxylation is 1. The molecule has 0 saturated heterocycles. The molecule has 2 heterocycles. The highest BCUT2D eigenvalue weighted by Crippen LogP contribution is 2.27. The first-order valence-corrected chi connectivity index (χ1v) is 10.9. The van der Waals surface area contributed by atoms with Crippen LogP contribution in [-0.4, -0.2) is 45.4 Å². The zero-order valence-electron chi connectivity index (χ0n) is 19.3. The fourth-order valence-electron chi connectivity index (χ4n) is 3.74. The van der Waals surface area contributed by atoms with Crippen LogP contribution in [0.5, 0.6) is 0 Å². The lowest BCUT2D eigenvalue weighted by Gasteiger charge is -2.16. The lowest BCUT2D eigenvalue weighted by molar-refractivity contribution is 0.0601. The van der Waals surface area contributed by atoms with Crippen LogP contribution >= 0.6 is 0 Å². The second kappa shape index (κ2) is 10.1. The van der Waals surface area contributed by atoms with Gasteiger partial charge in [-0.2, -0.15) is 9.83 Å². The number of nitrogens with one attached hydrogen (secondary N) is 1. The summed E-state index contributed by atoms with van der Waals surface area (Å²) in [6, 6.07) is 20.9. The number of nitrogens with zero attached hydrogens (tertiary/aromatic N) is 4. The number of esters is 1. The van der Waals surface area contributed by atoms with E-state index in [1.807, 2.05) is 68.6 Å². The van der Waals surface area contributed by atoms with Crippen molar-refractivity contribution in [2.24, 2.45) is 12.0 Å². The number of carbonyl (C=O) groups is 1. The van der Waals surface area contributed by atoms with Crippen LogP contribution in [0.25, 0.3) is 22.4 Å². The molecule has 4 rings (SSSR count). The molecule has 4 aromatic rings. The Morgan fingerprint density at radius 2 is 1.91 bits per heavy atom. The van der Waals surface area contributed by atoms with Gasteiger partial charge in [-0.1, -0.05) is 30.3 Å². The zero-order chi connectivity index (χ0) is 24.1. The summed E-state index contributed by atoms with van der Waals surface area (Å²) in [5.74, 6) is -0.419. The van der Waals surface area contributed by atoms with E-state index in [0.717, 1.165) is 32.8 Å². The van der Waals surface area contributed by atoms with Crippen molar-refractivity contribution in [3.63, 3.8) is 0 Å². The number of hydrogen-bond acceptors (Lipinski definition) is 6. The van der Waals surface area contributed by atoms with E-state index in [0.29, 0.717) is 17.6 Å². The van der Waals surface area contributed by atoms with E-state index in [4.69, 9.17) is 4.74 Å². The van der Waals surface area contributed by atoms with Crippen LogP contribution in [-0.2, 0) is 11.8 Å². The molecule has 1 atom stereocenters. The summed E-state index contributed by atoms with van der Waals surface area (Å²) in [6.07, 6.45) is 3.33. The Balaban J connectivity index is 1.51. The van der Waals surface area contributed by atoms with Gasteiger partial charge in [0.2, 0.25) is 0 Å². The lowest BCUT2D eigenvalue weighted by atomic mass is 10.0. The van der Waals surface area contributed by atoms with Crippen LogP contribution in [0.4, 0.5) is 5.69 Å². The molecule has 2 aromatic heterocycles. The van der Waals surface area contributed by atoms with Crippen molar-refractivity contribution in [2.75, 3.05) is 19.0 Å². The van der Waals surface area contributed by atoms with E-state index in [1.165, 1.54) is 7.11 Å². The van der Waals surface area contributed by atoms with E-state index in [2.05, 4.69) is 15.4 Å². The maximum absolute atomic E-state index is 12.4. The molecule has 0 fully saturated rings. The largest absolute Gasteiger partial charge is 0.465 e. The van der Waals surface area contributed by atoms with Crippen LogP contribution in [0, 0.1) is 0 Å². The first-order chi connectivity index (χ1) is 16.5. The lowest BCUT2D eigenvalue weighted by Crippen LogP contribution is -2.24. The van der Waals surface area contributed by atoms with Crippen molar-refractivity contribution < 1.29 is 14.7 Å². The second-order valence-corrected chi connectivity index (χ2v) is 7.96. The van der Waals surface area contributed by atoms with Gasteiger partial charge in [0.05, 0.1) is 31.1 Å². The highest BCUT2D eigenvalue weighted by molar-refractivity contribution is 5.98. The second-order valence-electron chi connectivity index (χ2n) is 7.96. The Labute approximate surface area is 197 Å². The van der Waals surface area contributed by atoms with Crippen molar-refractivity contribution in [2.45, 2.75) is 13.0 Å². The number of pyridine rings is 1. The molecular weight excluding hydrogens is 430 g/mol. The summed E-state index contributed by atoms with van der Waals surface area (Å²) in [6.45, 7) is 2.40. The summed E-state index contributed by atoms with van der Waals surface area (Å²) < 4.78 is 7.74. The highest BCUT2D eigenvalue weighted by Gasteiger charge is 2.17. The van der Waals surface area contributed by atoms with E-state index < -0.39 is 5.97 Å². The molecule has 0 spiro atoms. The number of hydrogen-bond donors (Lipinski definition) is 2. The number of rotatable bonds is 7. The Bertz CT molecular complexity index is 1360. The molecule has 34 heavy (non-hydrogen) atoms. The van der Waals surface area contributed by atoms with E-state index >= 15 is 0 Å². The third kappa shape index (κ3) is 5.01. The quantitative estimate of drug-likeness (QED) is 0.323. The summed E-state index contributed by atoms with van der Waals surface area (Å²) in [5.41, 5.74) is 5.15. The van der Waals surface area contributed by atoms with Gasteiger partial charge in [0.25, 0.3) is 0 Å². The minimum Gasteiger partial charge on any atom is -0.465 e. The van der Waals surface area contributed by atoms with Crippen LogP contribution in [0.15, 0.2) is 84.1 Å². The minimum atomic E-state index is -0.419. The number of benzene rings is 2. The van der Waals surface area contributed by atoms with E-state index in [1.54, 1.807) is 29.2 Å². The molecule has 8 heteroatoms. The molecule has 174 valence electrons. The van der Waals surface area contributed by atoms with Gasteiger partial charge in [0.15, 0.2) is 5.49 Å². The standard InChI is InChI=1S/C26H27N5O3/c1-18(16-27-25-12-9-20(17-31(25)33)19-7-5-4-6-8-19)29-21-10-11-22(23(15-21)26(32)34-3)24-13-14-28-30(24)2/h4-15,17-18,29,33H,16H2,1-3H3. The minimum absolute atomic E-state index is 0.0538. The summed E-state index contributed by atoms with van der Waals surface area (Å²) in [4.78, 5) is 17.0. The first-order valence-electron chi connectivity index (χ1n) is 10.9. The molecule has 0 amide bonds. The number of anilines is 1. The number of carbonyl (C=O) groups excluding carboxylic acids is 1. The van der Waals surface area contributed by atoms with Crippen molar-refractivity contribution in [3.05, 3.63) is 90.2 Å². The van der Waals surface area contributed by atoms with E-state index in [-0.39, 0.29) is 6.04 Å². The van der Waals surface area contributed by atoms with Gasteiger partial charge in [0.1, 0.15) is 0 Å². The van der Waals surface area contributed by atoms with Gasteiger partial charge in [-0.25, -0.2) is 4.79 Å². The molecule has 0 radical (unpaired) electrons. The van der Waals surface area contributed by atoms with Gasteiger partial charge in [-0.3, -0.25) is 9.67 Å². The average molecular weight is 458 g/mol. The van der Waals surface area contributed by atoms with E-state index in [9.17, 15) is 10.0 Å². The number of ether oxygens (including phenoxy) is 1. The van der Waals surface area contributed by atoms with Gasteiger partial charge < -0.3 is 15.3 Å². The normalized spacial score (nSPS) is 12.4. The van der Waals surface area contributed by atoms with Crippen molar-refractivity contribution >= 4 is 11.7 Å². The molecular formula is C26H27N5O3. The molecule has 0 bridgehead atoms. The molecule has 0 saturated carbocycles. The zero-order valence-corrected chi connectivity index (χ0v) is 19.3. The summed E-state index contributed by atoms with van der Waals surface area (Å²) in [7, 11) is 3.19. The fraction of sp³-hybridized carbons (Fsp3) is 0.192. The Morgan fingerprint density at radius 3 is 2.59 bits per heavy atom. The number of methoxy groups -OCH3 is 1. The van der Waals surface area contributed by atoms with Crippen molar-refractivity contribution in [1.29, 1.82) is 0 Å². The topological polar surface area (TPSA) is 93.7 Å². The molecule has 0 aliphatic heterocycles. The summed E-state index contributed by atoms with van der Waals surface area (Å²) >= 11 is 0. The van der Waals surface area contributed by atoms with Gasteiger partial charge in [0, 0.05) is 36.1 Å². The van der Waals surface area contributed by atoms with Gasteiger partial charge in [-0.15, -0.1) is 0 Å². The first kappa shape index (κ1) is 22.8. The Morgan fingerprint density at radius 1 is 1.12 bits per heavy atom. The predicted molar refractivity (Wildman–Crippen MR) is 131 cm³/mol. The van der Waals surface area contributed by atoms with Crippen molar-refractivity contribution in [3.8, 4) is 22.4 Å². The van der Waals surface area contributed by atoms with Gasteiger partial charge >= 0.3 is 5.97 Å². The Kier molecular flexibility index (Phi) is 6.77. The Hall–Kier alpha value is -4.33. The molecule has 0 aliphatic carbocycles. The van der Waals surface area contributed by atoms with Crippen LogP contribution in [0.3, 0.4) is 0 Å². The number of aromatic nitrogens is 3. The molecule has 0 aliphatic rings. The molecule has 1 unspecified atom stereocenters. The third-order valence-electron chi connectivity index (χ3n) is 5.48. The maximum atomic E-state index is 12.4. The third-order valence-corrected chi connectivity index (χ3v) is 5.48. The smallest absolute Gasteiger partial charge is 0.338 e. The van der Waals surface area contributed by atoms with Crippen LogP contribution in [0.1, 0.15) is 17.3 Å². The van der Waals surface area contributed by atoms with Crippen LogP contribution < -0.4 is 10.8 Å². The molecule has 2 aromatic carbocycles.